The lowest BCUT2D eigenvalue weighted by molar-refractivity contribution is 0.102. The first-order valence-electron chi connectivity index (χ1n) is 9.45. The number of para-hydroxylation sites is 2. The number of nitrogens with zero attached hydrogens (tertiary/aromatic N) is 4. The lowest BCUT2D eigenvalue weighted by atomic mass is 10.2. The van der Waals surface area contributed by atoms with Gasteiger partial charge in [0.05, 0.1) is 12.4 Å². The Kier molecular flexibility index (Phi) is 5.19. The van der Waals surface area contributed by atoms with Crippen molar-refractivity contribution >= 4 is 23.1 Å². The zero-order valence-electron chi connectivity index (χ0n) is 15.9. The van der Waals surface area contributed by atoms with Gasteiger partial charge >= 0.3 is 0 Å². The predicted octanol–water partition coefficient (Wildman–Crippen LogP) is 3.36. The molecule has 1 N–H and O–H groups in total. The summed E-state index contributed by atoms with van der Waals surface area (Å²) in [6.45, 7) is 5.57. The van der Waals surface area contributed by atoms with E-state index in [1.54, 1.807) is 12.4 Å². The smallest absolute Gasteiger partial charge is 0.275 e. The fourth-order valence-electron chi connectivity index (χ4n) is 3.33. The van der Waals surface area contributed by atoms with Crippen LogP contribution in [-0.4, -0.2) is 42.1 Å². The fraction of sp³-hybridized carbons (Fsp3) is 0.227. The predicted molar refractivity (Wildman–Crippen MR) is 112 cm³/mol. The maximum atomic E-state index is 12.4. The minimum Gasteiger partial charge on any atom is -0.368 e. The van der Waals surface area contributed by atoms with Crippen LogP contribution in [0.2, 0.25) is 0 Å². The molecule has 1 aromatic heterocycles. The van der Waals surface area contributed by atoms with Crippen LogP contribution in [0.5, 0.6) is 0 Å². The number of carbonyl (C=O) groups is 1. The molecular formula is C22H23N5O. The van der Waals surface area contributed by atoms with Crippen LogP contribution in [0.3, 0.4) is 0 Å². The number of benzene rings is 2. The van der Waals surface area contributed by atoms with Gasteiger partial charge in [-0.15, -0.1) is 0 Å². The highest BCUT2D eigenvalue weighted by Crippen LogP contribution is 2.19. The van der Waals surface area contributed by atoms with Crippen LogP contribution in [-0.2, 0) is 0 Å². The van der Waals surface area contributed by atoms with E-state index in [2.05, 4.69) is 49.4 Å². The molecule has 0 spiro atoms. The molecule has 6 nitrogen and oxygen atoms in total. The van der Waals surface area contributed by atoms with E-state index in [0.717, 1.165) is 43.2 Å². The van der Waals surface area contributed by atoms with Crippen LogP contribution in [0, 0.1) is 6.92 Å². The summed E-state index contributed by atoms with van der Waals surface area (Å²) in [7, 11) is 0. The van der Waals surface area contributed by atoms with Crippen LogP contribution in [0.1, 0.15) is 16.1 Å². The molecule has 2 aromatic carbocycles. The molecule has 1 aliphatic rings. The summed E-state index contributed by atoms with van der Waals surface area (Å²) < 4.78 is 0. The van der Waals surface area contributed by atoms with Gasteiger partial charge < -0.3 is 15.1 Å². The molecule has 1 aliphatic heterocycles. The normalized spacial score (nSPS) is 14.0. The minimum atomic E-state index is -0.248. The quantitative estimate of drug-likeness (QED) is 0.760. The van der Waals surface area contributed by atoms with E-state index in [0.29, 0.717) is 5.69 Å². The van der Waals surface area contributed by atoms with Gasteiger partial charge in [0.25, 0.3) is 5.91 Å². The summed E-state index contributed by atoms with van der Waals surface area (Å²) >= 11 is 0. The molecule has 3 aromatic rings. The van der Waals surface area contributed by atoms with E-state index in [4.69, 9.17) is 0 Å². The topological polar surface area (TPSA) is 61.4 Å². The Bertz CT molecular complexity index is 935. The summed E-state index contributed by atoms with van der Waals surface area (Å²) in [5, 5.41) is 2.89. The van der Waals surface area contributed by atoms with Crippen LogP contribution in [0.4, 0.5) is 17.2 Å². The number of piperazine rings is 1. The van der Waals surface area contributed by atoms with Crippen molar-refractivity contribution in [1.82, 2.24) is 9.97 Å². The lowest BCUT2D eigenvalue weighted by Crippen LogP contribution is -2.46. The number of aryl methyl sites for hydroxylation is 1. The van der Waals surface area contributed by atoms with Crippen molar-refractivity contribution in [3.05, 3.63) is 78.2 Å². The Hall–Kier alpha value is -3.41. The van der Waals surface area contributed by atoms with Crippen LogP contribution < -0.4 is 15.1 Å². The van der Waals surface area contributed by atoms with E-state index in [9.17, 15) is 4.79 Å². The van der Waals surface area contributed by atoms with E-state index >= 15 is 0 Å². The van der Waals surface area contributed by atoms with Crippen molar-refractivity contribution < 1.29 is 4.79 Å². The third kappa shape index (κ3) is 3.96. The second kappa shape index (κ2) is 8.08. The molecule has 28 heavy (non-hydrogen) atoms. The van der Waals surface area contributed by atoms with Gasteiger partial charge in [-0.3, -0.25) is 4.79 Å². The molecule has 0 saturated carbocycles. The van der Waals surface area contributed by atoms with Gasteiger partial charge in [-0.2, -0.15) is 0 Å². The third-order valence-electron chi connectivity index (χ3n) is 4.99. The average Bonchev–Trinajstić information content (AvgIpc) is 2.76. The van der Waals surface area contributed by atoms with Crippen molar-refractivity contribution in [3.63, 3.8) is 0 Å². The molecule has 1 amide bonds. The number of amides is 1. The van der Waals surface area contributed by atoms with Crippen molar-refractivity contribution in [2.75, 3.05) is 41.3 Å². The number of nitrogens with one attached hydrogen (secondary N) is 1. The summed E-state index contributed by atoms with van der Waals surface area (Å²) in [5.74, 6) is 0.558. The molecule has 0 aliphatic carbocycles. The van der Waals surface area contributed by atoms with Gasteiger partial charge in [0.1, 0.15) is 11.5 Å². The van der Waals surface area contributed by atoms with Gasteiger partial charge in [0.2, 0.25) is 0 Å². The van der Waals surface area contributed by atoms with Crippen molar-refractivity contribution in [3.8, 4) is 0 Å². The molecule has 2 heterocycles. The van der Waals surface area contributed by atoms with Crippen molar-refractivity contribution in [1.29, 1.82) is 0 Å². The van der Waals surface area contributed by atoms with Gasteiger partial charge in [0.15, 0.2) is 0 Å². The zero-order chi connectivity index (χ0) is 19.3. The highest BCUT2D eigenvalue weighted by atomic mass is 16.1. The highest BCUT2D eigenvalue weighted by Gasteiger charge is 2.19. The molecule has 1 saturated heterocycles. The Morgan fingerprint density at radius 1 is 0.857 bits per heavy atom. The lowest BCUT2D eigenvalue weighted by Gasteiger charge is -2.36. The van der Waals surface area contributed by atoms with Crippen molar-refractivity contribution in [2.24, 2.45) is 0 Å². The summed E-state index contributed by atoms with van der Waals surface area (Å²) in [6, 6.07) is 18.1. The summed E-state index contributed by atoms with van der Waals surface area (Å²) in [6.07, 6.45) is 3.23. The molecule has 0 bridgehead atoms. The Labute approximate surface area is 164 Å². The fourth-order valence-corrected chi connectivity index (χ4v) is 3.33. The first kappa shape index (κ1) is 18.0. The van der Waals surface area contributed by atoms with Crippen molar-refractivity contribution in [2.45, 2.75) is 6.92 Å². The monoisotopic (exact) mass is 373 g/mol. The van der Waals surface area contributed by atoms with Gasteiger partial charge in [0, 0.05) is 37.6 Å². The molecule has 0 radical (unpaired) electrons. The Morgan fingerprint density at radius 2 is 1.54 bits per heavy atom. The van der Waals surface area contributed by atoms with E-state index in [1.165, 1.54) is 5.69 Å². The minimum absolute atomic E-state index is 0.248. The first-order valence-corrected chi connectivity index (χ1v) is 9.45. The maximum Gasteiger partial charge on any atom is 0.275 e. The number of rotatable bonds is 4. The van der Waals surface area contributed by atoms with Crippen LogP contribution in [0.15, 0.2) is 67.0 Å². The van der Waals surface area contributed by atoms with Gasteiger partial charge in [-0.1, -0.05) is 36.4 Å². The summed E-state index contributed by atoms with van der Waals surface area (Å²) in [5.41, 5.74) is 3.36. The largest absolute Gasteiger partial charge is 0.368 e. The molecule has 142 valence electrons. The van der Waals surface area contributed by atoms with Gasteiger partial charge in [-0.05, 0) is 30.7 Å². The van der Waals surface area contributed by atoms with E-state index in [1.807, 2.05) is 37.3 Å². The number of anilines is 3. The molecular weight excluding hydrogens is 350 g/mol. The van der Waals surface area contributed by atoms with Gasteiger partial charge in [-0.25, -0.2) is 9.97 Å². The molecule has 0 atom stereocenters. The number of hydrogen-bond donors (Lipinski definition) is 1. The first-order chi connectivity index (χ1) is 13.7. The summed E-state index contributed by atoms with van der Waals surface area (Å²) in [4.78, 5) is 25.8. The second-order valence-corrected chi connectivity index (χ2v) is 6.84. The zero-order valence-corrected chi connectivity index (χ0v) is 15.9. The Balaban J connectivity index is 1.37. The number of hydrogen-bond acceptors (Lipinski definition) is 5. The standard InChI is InChI=1S/C22H23N5O/c1-17-7-5-6-10-19(17)25-22(28)20-15-24-21(16-23-20)27-13-11-26(12-14-27)18-8-3-2-4-9-18/h2-10,15-16H,11-14H2,1H3,(H,25,28). The second-order valence-electron chi connectivity index (χ2n) is 6.84. The molecule has 1 fully saturated rings. The number of aromatic nitrogens is 2. The van der Waals surface area contributed by atoms with Crippen LogP contribution >= 0.6 is 0 Å². The van der Waals surface area contributed by atoms with E-state index < -0.39 is 0 Å². The van der Waals surface area contributed by atoms with Crippen LogP contribution in [0.25, 0.3) is 0 Å². The molecule has 4 rings (SSSR count). The maximum absolute atomic E-state index is 12.4. The highest BCUT2D eigenvalue weighted by molar-refractivity contribution is 6.03. The molecule has 6 heteroatoms. The Morgan fingerprint density at radius 3 is 2.21 bits per heavy atom. The third-order valence-corrected chi connectivity index (χ3v) is 4.99. The average molecular weight is 373 g/mol. The number of carbonyl (C=O) groups excluding carboxylic acids is 1. The molecule has 0 unspecified atom stereocenters. The van der Waals surface area contributed by atoms with E-state index in [-0.39, 0.29) is 5.91 Å². The SMILES string of the molecule is Cc1ccccc1NC(=O)c1cnc(N2CCN(c3ccccc3)CC2)cn1.